The first-order chi connectivity index (χ1) is 7.66. The van der Waals surface area contributed by atoms with Gasteiger partial charge in [-0.25, -0.2) is 0 Å². The summed E-state index contributed by atoms with van der Waals surface area (Å²) in [6.45, 7) is 2.08. The van der Waals surface area contributed by atoms with Crippen molar-refractivity contribution < 1.29 is 0 Å². The van der Waals surface area contributed by atoms with Crippen LogP contribution in [0.1, 0.15) is 36.8 Å². The lowest BCUT2D eigenvalue weighted by Crippen LogP contribution is -2.34. The molecule has 0 aromatic heterocycles. The van der Waals surface area contributed by atoms with E-state index in [0.717, 1.165) is 12.1 Å². The van der Waals surface area contributed by atoms with Gasteiger partial charge in [-0.2, -0.15) is 0 Å². The van der Waals surface area contributed by atoms with E-state index in [1.165, 1.54) is 36.8 Å². The second-order valence-corrected chi connectivity index (χ2v) is 5.11. The molecule has 0 spiro atoms. The molecule has 88 valence electrons. The summed E-state index contributed by atoms with van der Waals surface area (Å²) in [6.07, 6.45) is 6.10. The van der Waals surface area contributed by atoms with Crippen LogP contribution in [0.15, 0.2) is 18.2 Å². The van der Waals surface area contributed by atoms with Crippen molar-refractivity contribution in [1.29, 1.82) is 0 Å². The van der Waals surface area contributed by atoms with Crippen molar-refractivity contribution in [2.45, 2.75) is 45.1 Å². The Morgan fingerprint density at radius 2 is 2.00 bits per heavy atom. The minimum atomic E-state index is 0.370. The number of nitrogens with two attached hydrogens (primary N) is 2. The highest BCUT2D eigenvalue weighted by Crippen LogP contribution is 2.28. The predicted molar refractivity (Wildman–Crippen MR) is 69.2 cm³/mol. The third-order valence-electron chi connectivity index (χ3n) is 3.75. The highest BCUT2D eigenvalue weighted by atomic mass is 14.7. The topological polar surface area (TPSA) is 52.0 Å². The van der Waals surface area contributed by atoms with E-state index in [4.69, 9.17) is 11.5 Å². The normalized spacial score (nSPS) is 25.6. The lowest BCUT2D eigenvalue weighted by atomic mass is 9.81. The van der Waals surface area contributed by atoms with Crippen LogP contribution >= 0.6 is 0 Å². The smallest absolute Gasteiger partial charge is 0.0349 e. The van der Waals surface area contributed by atoms with Gasteiger partial charge in [-0.15, -0.1) is 0 Å². The van der Waals surface area contributed by atoms with E-state index in [0.29, 0.717) is 12.0 Å². The van der Waals surface area contributed by atoms with E-state index < -0.39 is 0 Å². The molecule has 1 aliphatic rings. The van der Waals surface area contributed by atoms with Gasteiger partial charge in [0, 0.05) is 11.7 Å². The number of rotatable bonds is 2. The molecule has 1 aliphatic carbocycles. The molecule has 2 rings (SSSR count). The molecule has 0 radical (unpaired) electrons. The van der Waals surface area contributed by atoms with Crippen molar-refractivity contribution >= 4 is 5.69 Å². The van der Waals surface area contributed by atoms with E-state index in [-0.39, 0.29) is 0 Å². The van der Waals surface area contributed by atoms with E-state index in [9.17, 15) is 0 Å². The standard InChI is InChI=1S/C14H22N2/c1-10-6-7-12(14(16)8-10)9-11-4-2-3-5-13(11)15/h6-8,11,13H,2-5,9,15-16H2,1H3. The van der Waals surface area contributed by atoms with E-state index in [1.54, 1.807) is 0 Å². The Balaban J connectivity index is 2.07. The Morgan fingerprint density at radius 3 is 2.69 bits per heavy atom. The van der Waals surface area contributed by atoms with Gasteiger partial charge in [0.2, 0.25) is 0 Å². The molecule has 0 bridgehead atoms. The molecular weight excluding hydrogens is 196 g/mol. The molecule has 1 aromatic rings. The zero-order valence-electron chi connectivity index (χ0n) is 10.1. The molecule has 2 nitrogen and oxygen atoms in total. The molecular formula is C14H22N2. The summed E-state index contributed by atoms with van der Waals surface area (Å²) in [7, 11) is 0. The number of hydrogen-bond acceptors (Lipinski definition) is 2. The second-order valence-electron chi connectivity index (χ2n) is 5.11. The summed E-state index contributed by atoms with van der Waals surface area (Å²) < 4.78 is 0. The third-order valence-corrected chi connectivity index (χ3v) is 3.75. The molecule has 2 heteroatoms. The second kappa shape index (κ2) is 4.88. The van der Waals surface area contributed by atoms with Gasteiger partial charge >= 0.3 is 0 Å². The van der Waals surface area contributed by atoms with Gasteiger partial charge in [0.05, 0.1) is 0 Å². The number of benzene rings is 1. The van der Waals surface area contributed by atoms with Crippen LogP contribution in [0.4, 0.5) is 5.69 Å². The minimum Gasteiger partial charge on any atom is -0.398 e. The van der Waals surface area contributed by atoms with Crippen LogP contribution in [0.3, 0.4) is 0 Å². The van der Waals surface area contributed by atoms with E-state index in [1.807, 2.05) is 0 Å². The maximum absolute atomic E-state index is 6.17. The molecule has 1 aromatic carbocycles. The van der Waals surface area contributed by atoms with Crippen LogP contribution in [0.5, 0.6) is 0 Å². The number of nitrogen functional groups attached to an aromatic ring is 1. The van der Waals surface area contributed by atoms with Crippen molar-refractivity contribution in [3.8, 4) is 0 Å². The molecule has 1 saturated carbocycles. The van der Waals surface area contributed by atoms with Crippen molar-refractivity contribution in [3.63, 3.8) is 0 Å². The Bertz CT molecular complexity index is 360. The molecule has 4 N–H and O–H groups in total. The van der Waals surface area contributed by atoms with Crippen LogP contribution < -0.4 is 11.5 Å². The average molecular weight is 218 g/mol. The fraction of sp³-hybridized carbons (Fsp3) is 0.571. The monoisotopic (exact) mass is 218 g/mol. The van der Waals surface area contributed by atoms with Gasteiger partial charge in [-0.1, -0.05) is 25.0 Å². The first kappa shape index (κ1) is 11.5. The maximum Gasteiger partial charge on any atom is 0.0349 e. The number of anilines is 1. The van der Waals surface area contributed by atoms with Gasteiger partial charge in [-0.3, -0.25) is 0 Å². The third kappa shape index (κ3) is 2.56. The zero-order valence-corrected chi connectivity index (χ0v) is 10.1. The molecule has 16 heavy (non-hydrogen) atoms. The van der Waals surface area contributed by atoms with Crippen LogP contribution in [0.25, 0.3) is 0 Å². The van der Waals surface area contributed by atoms with Gasteiger partial charge in [0.1, 0.15) is 0 Å². The Labute approximate surface area is 98.0 Å². The first-order valence-corrected chi connectivity index (χ1v) is 6.27. The van der Waals surface area contributed by atoms with Crippen molar-refractivity contribution in [3.05, 3.63) is 29.3 Å². The Hall–Kier alpha value is -1.02. The predicted octanol–water partition coefficient (Wildman–Crippen LogP) is 2.64. The van der Waals surface area contributed by atoms with E-state index >= 15 is 0 Å². The summed E-state index contributed by atoms with van der Waals surface area (Å²) in [5.74, 6) is 0.624. The van der Waals surface area contributed by atoms with Crippen LogP contribution in [0, 0.1) is 12.8 Å². The van der Waals surface area contributed by atoms with Crippen LogP contribution in [0.2, 0.25) is 0 Å². The van der Waals surface area contributed by atoms with Crippen molar-refractivity contribution in [2.24, 2.45) is 11.7 Å². The summed E-state index contributed by atoms with van der Waals surface area (Å²) in [5, 5.41) is 0. The highest BCUT2D eigenvalue weighted by molar-refractivity contribution is 5.49. The first-order valence-electron chi connectivity index (χ1n) is 6.27. The lowest BCUT2D eigenvalue weighted by Gasteiger charge is -2.29. The van der Waals surface area contributed by atoms with Gasteiger partial charge in [-0.05, 0) is 49.3 Å². The molecule has 0 heterocycles. The van der Waals surface area contributed by atoms with Crippen LogP contribution in [-0.2, 0) is 6.42 Å². The van der Waals surface area contributed by atoms with Crippen molar-refractivity contribution in [2.75, 3.05) is 5.73 Å². The molecule has 2 unspecified atom stereocenters. The molecule has 0 aliphatic heterocycles. The summed E-state index contributed by atoms with van der Waals surface area (Å²) in [4.78, 5) is 0. The Kier molecular flexibility index (Phi) is 3.49. The fourth-order valence-electron chi connectivity index (χ4n) is 2.67. The SMILES string of the molecule is Cc1ccc(CC2CCCCC2N)c(N)c1. The van der Waals surface area contributed by atoms with Crippen LogP contribution in [-0.4, -0.2) is 6.04 Å². The molecule has 2 atom stereocenters. The molecule has 1 fully saturated rings. The Morgan fingerprint density at radius 1 is 1.25 bits per heavy atom. The molecule has 0 amide bonds. The lowest BCUT2D eigenvalue weighted by molar-refractivity contribution is 0.306. The fourth-order valence-corrected chi connectivity index (χ4v) is 2.67. The number of hydrogen-bond donors (Lipinski definition) is 2. The average Bonchev–Trinajstić information content (AvgIpc) is 2.25. The largest absolute Gasteiger partial charge is 0.398 e. The summed E-state index contributed by atoms with van der Waals surface area (Å²) in [5.41, 5.74) is 15.6. The summed E-state index contributed by atoms with van der Waals surface area (Å²) in [6, 6.07) is 6.73. The summed E-state index contributed by atoms with van der Waals surface area (Å²) >= 11 is 0. The zero-order chi connectivity index (χ0) is 11.5. The highest BCUT2D eigenvalue weighted by Gasteiger charge is 2.22. The van der Waals surface area contributed by atoms with Gasteiger partial charge < -0.3 is 11.5 Å². The molecule has 0 saturated heterocycles. The minimum absolute atomic E-state index is 0.370. The maximum atomic E-state index is 6.17. The van der Waals surface area contributed by atoms with E-state index in [2.05, 4.69) is 25.1 Å². The van der Waals surface area contributed by atoms with Gasteiger partial charge in [0.15, 0.2) is 0 Å². The number of aryl methyl sites for hydroxylation is 1. The van der Waals surface area contributed by atoms with Crippen molar-refractivity contribution in [1.82, 2.24) is 0 Å². The quantitative estimate of drug-likeness (QED) is 0.750. The van der Waals surface area contributed by atoms with Gasteiger partial charge in [0.25, 0.3) is 0 Å².